The molecular formula is C17H24N4O2S. The normalized spacial score (nSPS) is 12.0. The summed E-state index contributed by atoms with van der Waals surface area (Å²) in [6, 6.07) is 8.99. The third kappa shape index (κ3) is 4.67. The van der Waals surface area contributed by atoms with Crippen LogP contribution in [0.25, 0.3) is 0 Å². The smallest absolute Gasteiger partial charge is 0.315 e. The molecule has 7 heteroatoms. The molecule has 2 amide bonds. The van der Waals surface area contributed by atoms with Crippen molar-refractivity contribution in [3.8, 4) is 0 Å². The average molecular weight is 348 g/mol. The summed E-state index contributed by atoms with van der Waals surface area (Å²) in [6.07, 6.45) is 0. The van der Waals surface area contributed by atoms with Gasteiger partial charge in [-0.15, -0.1) is 0 Å². The number of rotatable bonds is 7. The van der Waals surface area contributed by atoms with Crippen LogP contribution in [0.4, 0.5) is 4.79 Å². The maximum atomic E-state index is 12.1. The van der Waals surface area contributed by atoms with Crippen molar-refractivity contribution in [1.82, 2.24) is 20.4 Å². The molecule has 0 fully saturated rings. The highest BCUT2D eigenvalue weighted by atomic mass is 32.2. The number of nitrogens with one attached hydrogen (secondary N) is 2. The predicted octanol–water partition coefficient (Wildman–Crippen LogP) is 2.13. The average Bonchev–Trinajstić information content (AvgIpc) is 2.87. The molecule has 24 heavy (non-hydrogen) atoms. The van der Waals surface area contributed by atoms with Gasteiger partial charge in [0.1, 0.15) is 0 Å². The second-order valence-electron chi connectivity index (χ2n) is 5.44. The summed E-state index contributed by atoms with van der Waals surface area (Å²) in [5.41, 5.74) is 3.04. The van der Waals surface area contributed by atoms with Crippen LogP contribution in [-0.4, -0.2) is 32.3 Å². The van der Waals surface area contributed by atoms with Crippen molar-refractivity contribution in [2.45, 2.75) is 38.8 Å². The van der Waals surface area contributed by atoms with Gasteiger partial charge in [-0.2, -0.15) is 5.10 Å². The Morgan fingerprint density at radius 2 is 1.92 bits per heavy atom. The van der Waals surface area contributed by atoms with Gasteiger partial charge in [-0.25, -0.2) is 4.79 Å². The van der Waals surface area contributed by atoms with Gasteiger partial charge in [0.25, 0.3) is 0 Å². The molecule has 2 rings (SSSR count). The highest BCUT2D eigenvalue weighted by Gasteiger charge is 2.11. The van der Waals surface area contributed by atoms with E-state index in [9.17, 15) is 9.00 Å². The summed E-state index contributed by atoms with van der Waals surface area (Å²) in [5, 5.41) is 10.0. The number of hydrogen-bond donors (Lipinski definition) is 2. The molecule has 1 aromatic carbocycles. The third-order valence-corrected chi connectivity index (χ3v) is 5.21. The monoisotopic (exact) mass is 348 g/mol. The summed E-state index contributed by atoms with van der Waals surface area (Å²) in [5.74, 6) is 0.392. The second kappa shape index (κ2) is 8.63. The molecule has 0 saturated carbocycles. The fourth-order valence-electron chi connectivity index (χ4n) is 2.48. The van der Waals surface area contributed by atoms with E-state index in [1.807, 2.05) is 55.8 Å². The molecule has 1 heterocycles. The molecule has 0 bridgehead atoms. The molecule has 6 nitrogen and oxygen atoms in total. The van der Waals surface area contributed by atoms with Gasteiger partial charge >= 0.3 is 6.03 Å². The highest BCUT2D eigenvalue weighted by molar-refractivity contribution is 7.85. The summed E-state index contributed by atoms with van der Waals surface area (Å²) in [6.45, 7) is 7.59. The first-order chi connectivity index (χ1) is 11.5. The molecule has 0 unspecified atom stereocenters. The first-order valence-corrected chi connectivity index (χ1v) is 9.32. The van der Waals surface area contributed by atoms with E-state index in [-0.39, 0.29) is 6.03 Å². The lowest BCUT2D eigenvalue weighted by atomic mass is 10.2. The number of carbonyl (C=O) groups excluding carboxylic acids is 1. The van der Waals surface area contributed by atoms with Crippen LogP contribution in [-0.2, 0) is 23.9 Å². The number of benzene rings is 1. The molecule has 0 aliphatic carbocycles. The van der Waals surface area contributed by atoms with Crippen LogP contribution in [0.3, 0.4) is 0 Å². The molecule has 0 aliphatic rings. The fourth-order valence-corrected chi connectivity index (χ4v) is 3.46. The van der Waals surface area contributed by atoms with Gasteiger partial charge in [-0.05, 0) is 32.9 Å². The van der Waals surface area contributed by atoms with E-state index in [0.29, 0.717) is 18.8 Å². The van der Waals surface area contributed by atoms with E-state index in [2.05, 4.69) is 15.7 Å². The van der Waals surface area contributed by atoms with E-state index in [0.717, 1.165) is 28.4 Å². The lowest BCUT2D eigenvalue weighted by Gasteiger charge is -2.08. The van der Waals surface area contributed by atoms with Crippen LogP contribution in [0, 0.1) is 13.8 Å². The van der Waals surface area contributed by atoms with Crippen LogP contribution >= 0.6 is 0 Å². The molecule has 0 saturated heterocycles. The minimum atomic E-state index is -1.10. The van der Waals surface area contributed by atoms with E-state index in [1.165, 1.54) is 0 Å². The van der Waals surface area contributed by atoms with Crippen molar-refractivity contribution in [2.24, 2.45) is 0 Å². The van der Waals surface area contributed by atoms with Crippen LogP contribution in [0.1, 0.15) is 23.9 Å². The first-order valence-electron chi connectivity index (χ1n) is 8.01. The molecule has 1 atom stereocenters. The number of aryl methyl sites for hydroxylation is 2. The Balaban J connectivity index is 1.76. The minimum Gasteiger partial charge on any atom is -0.337 e. The van der Waals surface area contributed by atoms with Gasteiger partial charge in [0.15, 0.2) is 0 Å². The predicted molar refractivity (Wildman–Crippen MR) is 95.3 cm³/mol. The van der Waals surface area contributed by atoms with Gasteiger partial charge in [-0.3, -0.25) is 8.89 Å². The molecule has 0 aliphatic heterocycles. The lowest BCUT2D eigenvalue weighted by Crippen LogP contribution is -2.37. The van der Waals surface area contributed by atoms with Crippen molar-refractivity contribution >= 4 is 16.8 Å². The van der Waals surface area contributed by atoms with Crippen molar-refractivity contribution < 1.29 is 9.00 Å². The largest absolute Gasteiger partial charge is 0.337 e. The molecule has 130 valence electrons. The first kappa shape index (κ1) is 18.2. The summed E-state index contributed by atoms with van der Waals surface area (Å²) in [4.78, 5) is 12.7. The summed E-state index contributed by atoms with van der Waals surface area (Å²) < 4.78 is 14.0. The van der Waals surface area contributed by atoms with Crippen molar-refractivity contribution in [2.75, 3.05) is 12.3 Å². The van der Waals surface area contributed by atoms with E-state index >= 15 is 0 Å². The molecule has 0 spiro atoms. The molecule has 1 aromatic heterocycles. The van der Waals surface area contributed by atoms with Crippen LogP contribution in [0.15, 0.2) is 35.2 Å². The number of carbonyl (C=O) groups is 1. The number of aromatic nitrogens is 2. The van der Waals surface area contributed by atoms with Crippen LogP contribution in [0.2, 0.25) is 0 Å². The Morgan fingerprint density at radius 1 is 1.21 bits per heavy atom. The summed E-state index contributed by atoms with van der Waals surface area (Å²) >= 11 is 0. The minimum absolute atomic E-state index is 0.261. The van der Waals surface area contributed by atoms with E-state index in [4.69, 9.17) is 0 Å². The zero-order valence-corrected chi connectivity index (χ0v) is 15.2. The molecule has 2 N–H and O–H groups in total. The Labute approximate surface area is 145 Å². The SMILES string of the molecule is CCn1nc(C)c(CNC(=O)NCC[S@](=O)c2ccccc2)c1C. The van der Waals surface area contributed by atoms with Crippen molar-refractivity contribution in [1.29, 1.82) is 0 Å². The van der Waals surface area contributed by atoms with Gasteiger partial charge in [-0.1, -0.05) is 18.2 Å². The number of hydrogen-bond acceptors (Lipinski definition) is 3. The van der Waals surface area contributed by atoms with Crippen molar-refractivity contribution in [3.05, 3.63) is 47.3 Å². The zero-order chi connectivity index (χ0) is 17.5. The Kier molecular flexibility index (Phi) is 6.54. The van der Waals surface area contributed by atoms with E-state index in [1.54, 1.807) is 0 Å². The quantitative estimate of drug-likeness (QED) is 0.805. The van der Waals surface area contributed by atoms with Crippen LogP contribution in [0.5, 0.6) is 0 Å². The fraction of sp³-hybridized carbons (Fsp3) is 0.412. The zero-order valence-electron chi connectivity index (χ0n) is 14.3. The molecule has 2 aromatic rings. The molecule has 0 radical (unpaired) electrons. The summed E-state index contributed by atoms with van der Waals surface area (Å²) in [7, 11) is -1.10. The van der Waals surface area contributed by atoms with Gasteiger partial charge < -0.3 is 10.6 Å². The van der Waals surface area contributed by atoms with Crippen molar-refractivity contribution in [3.63, 3.8) is 0 Å². The Bertz CT molecular complexity index is 713. The maximum Gasteiger partial charge on any atom is 0.315 e. The van der Waals surface area contributed by atoms with Crippen LogP contribution < -0.4 is 10.6 Å². The number of nitrogens with zero attached hydrogens (tertiary/aromatic N) is 2. The van der Waals surface area contributed by atoms with E-state index < -0.39 is 10.8 Å². The second-order valence-corrected chi connectivity index (χ2v) is 7.01. The van der Waals surface area contributed by atoms with Gasteiger partial charge in [0, 0.05) is 41.5 Å². The van der Waals surface area contributed by atoms with Gasteiger partial charge in [0.05, 0.1) is 16.5 Å². The maximum absolute atomic E-state index is 12.1. The topological polar surface area (TPSA) is 76.0 Å². The highest BCUT2D eigenvalue weighted by Crippen LogP contribution is 2.12. The number of urea groups is 1. The lowest BCUT2D eigenvalue weighted by molar-refractivity contribution is 0.241. The number of amides is 2. The molecular weight excluding hydrogens is 324 g/mol. The Hall–Kier alpha value is -2.15. The third-order valence-electron chi connectivity index (χ3n) is 3.84. The standard InChI is InChI=1S/C17H24N4O2S/c1-4-21-14(3)16(13(2)20-21)12-19-17(22)18-10-11-24(23)15-8-6-5-7-9-15/h5-9H,4,10-12H2,1-3H3,(H2,18,19,22)/t24-/m0/s1. The Morgan fingerprint density at radius 3 is 2.54 bits per heavy atom. The van der Waals surface area contributed by atoms with Gasteiger partial charge in [0.2, 0.25) is 0 Å².